The topological polar surface area (TPSA) is 36.3 Å². The Balaban J connectivity index is 1.79. The summed E-state index contributed by atoms with van der Waals surface area (Å²) in [5.74, 6) is 0. The van der Waals surface area contributed by atoms with Crippen LogP contribution in [0.15, 0.2) is 6.33 Å². The fraction of sp³-hybridized carbons (Fsp3) is 0.786. The molecule has 2 saturated heterocycles. The van der Waals surface area contributed by atoms with Gasteiger partial charge in [-0.3, -0.25) is 0 Å². The molecule has 1 atom stereocenters. The lowest BCUT2D eigenvalue weighted by molar-refractivity contribution is -0.144. The molecule has 2 aliphatic rings. The maximum atomic E-state index is 6.09. The number of nitrogens with zero attached hydrogens (tertiary/aromatic N) is 2. The number of aryl methyl sites for hydroxylation is 1. The van der Waals surface area contributed by atoms with E-state index in [2.05, 4.69) is 23.4 Å². The van der Waals surface area contributed by atoms with Crippen molar-refractivity contribution in [3.05, 3.63) is 17.7 Å². The van der Waals surface area contributed by atoms with E-state index in [1.54, 1.807) is 0 Å². The number of hydrogen-bond acceptors (Lipinski definition) is 3. The monoisotopic (exact) mass is 250 g/mol. The molecule has 2 fully saturated rings. The zero-order valence-corrected chi connectivity index (χ0v) is 11.3. The Kier molecular flexibility index (Phi) is 3.16. The predicted molar refractivity (Wildman–Crippen MR) is 68.7 cm³/mol. The lowest BCUT2D eigenvalue weighted by Gasteiger charge is -2.43. The summed E-state index contributed by atoms with van der Waals surface area (Å²) in [5, 5.41) is 0. The van der Waals surface area contributed by atoms with Crippen LogP contribution in [-0.2, 0) is 9.47 Å². The molecule has 100 valence electrons. The van der Waals surface area contributed by atoms with E-state index in [0.29, 0.717) is 6.04 Å². The molecular formula is C14H22N2O2. The average molecular weight is 250 g/mol. The summed E-state index contributed by atoms with van der Waals surface area (Å²) in [7, 11) is 0. The molecule has 2 aliphatic heterocycles. The van der Waals surface area contributed by atoms with Gasteiger partial charge in [-0.05, 0) is 39.5 Å². The molecule has 4 nitrogen and oxygen atoms in total. The largest absolute Gasteiger partial charge is 0.381 e. The molecule has 1 spiro atoms. The van der Waals surface area contributed by atoms with Crippen LogP contribution in [0.1, 0.15) is 43.1 Å². The van der Waals surface area contributed by atoms with Crippen molar-refractivity contribution in [2.24, 2.45) is 0 Å². The normalized spacial score (nSPS) is 27.6. The van der Waals surface area contributed by atoms with Crippen molar-refractivity contribution in [3.8, 4) is 0 Å². The third-order valence-electron chi connectivity index (χ3n) is 4.55. The first-order valence-electron chi connectivity index (χ1n) is 6.92. The summed E-state index contributed by atoms with van der Waals surface area (Å²) >= 11 is 0. The second-order valence-electron chi connectivity index (χ2n) is 5.61. The molecular weight excluding hydrogens is 228 g/mol. The van der Waals surface area contributed by atoms with Gasteiger partial charge in [0.1, 0.15) is 0 Å². The third-order valence-corrected chi connectivity index (χ3v) is 4.55. The van der Waals surface area contributed by atoms with E-state index in [1.807, 2.05) is 6.33 Å². The predicted octanol–water partition coefficient (Wildman–Crippen LogP) is 2.40. The van der Waals surface area contributed by atoms with Crippen LogP contribution in [-0.4, -0.2) is 35.0 Å². The quantitative estimate of drug-likeness (QED) is 0.768. The van der Waals surface area contributed by atoms with Gasteiger partial charge in [0.25, 0.3) is 0 Å². The minimum Gasteiger partial charge on any atom is -0.381 e. The summed E-state index contributed by atoms with van der Waals surface area (Å²) in [6, 6.07) is 0.540. The molecule has 4 heteroatoms. The highest BCUT2D eigenvalue weighted by Gasteiger charge is 2.39. The second-order valence-corrected chi connectivity index (χ2v) is 5.61. The highest BCUT2D eigenvalue weighted by molar-refractivity contribution is 5.10. The van der Waals surface area contributed by atoms with Crippen molar-refractivity contribution in [2.75, 3.05) is 19.8 Å². The molecule has 0 radical (unpaired) electrons. The number of rotatable bonds is 1. The summed E-state index contributed by atoms with van der Waals surface area (Å²) in [4.78, 5) is 4.42. The van der Waals surface area contributed by atoms with Gasteiger partial charge in [0.2, 0.25) is 0 Å². The van der Waals surface area contributed by atoms with E-state index in [4.69, 9.17) is 9.47 Å². The van der Waals surface area contributed by atoms with Crippen LogP contribution in [0.3, 0.4) is 0 Å². The van der Waals surface area contributed by atoms with Gasteiger partial charge in [0, 0.05) is 31.6 Å². The minimum absolute atomic E-state index is 0.0613. The van der Waals surface area contributed by atoms with Crippen LogP contribution in [0.2, 0.25) is 0 Å². The van der Waals surface area contributed by atoms with Crippen molar-refractivity contribution >= 4 is 0 Å². The van der Waals surface area contributed by atoms with E-state index in [-0.39, 0.29) is 5.60 Å². The van der Waals surface area contributed by atoms with Gasteiger partial charge in [0.05, 0.1) is 17.6 Å². The van der Waals surface area contributed by atoms with Crippen molar-refractivity contribution in [1.82, 2.24) is 9.55 Å². The molecule has 1 aromatic rings. The van der Waals surface area contributed by atoms with E-state index < -0.39 is 0 Å². The second kappa shape index (κ2) is 4.67. The number of hydrogen-bond donors (Lipinski definition) is 0. The zero-order valence-electron chi connectivity index (χ0n) is 11.3. The third kappa shape index (κ3) is 2.08. The molecule has 0 amide bonds. The molecule has 0 saturated carbocycles. The molecule has 18 heavy (non-hydrogen) atoms. The van der Waals surface area contributed by atoms with Gasteiger partial charge in [-0.25, -0.2) is 4.98 Å². The summed E-state index contributed by atoms with van der Waals surface area (Å²) < 4.78 is 13.9. The maximum Gasteiger partial charge on any atom is 0.0954 e. The molecule has 3 heterocycles. The SMILES string of the molecule is Cc1ncn(C2CCOC3(CCOCC3)C2)c1C. The van der Waals surface area contributed by atoms with Gasteiger partial charge in [0.15, 0.2) is 0 Å². The zero-order chi connectivity index (χ0) is 12.6. The lowest BCUT2D eigenvalue weighted by atomic mass is 9.84. The van der Waals surface area contributed by atoms with Crippen LogP contribution in [0.4, 0.5) is 0 Å². The van der Waals surface area contributed by atoms with Crippen LogP contribution in [0.5, 0.6) is 0 Å². The minimum atomic E-state index is 0.0613. The van der Waals surface area contributed by atoms with Crippen molar-refractivity contribution in [1.29, 1.82) is 0 Å². The Labute approximate surface area is 108 Å². The van der Waals surface area contributed by atoms with E-state index in [0.717, 1.165) is 51.2 Å². The van der Waals surface area contributed by atoms with Crippen LogP contribution in [0, 0.1) is 13.8 Å². The number of imidazole rings is 1. The van der Waals surface area contributed by atoms with E-state index in [1.165, 1.54) is 5.69 Å². The van der Waals surface area contributed by atoms with Gasteiger partial charge >= 0.3 is 0 Å². The fourth-order valence-corrected chi connectivity index (χ4v) is 3.21. The van der Waals surface area contributed by atoms with E-state index >= 15 is 0 Å². The summed E-state index contributed by atoms with van der Waals surface area (Å²) in [6.45, 7) is 6.79. The van der Waals surface area contributed by atoms with Crippen molar-refractivity contribution < 1.29 is 9.47 Å². The first-order chi connectivity index (χ1) is 8.70. The first-order valence-corrected chi connectivity index (χ1v) is 6.92. The Morgan fingerprint density at radius 1 is 1.28 bits per heavy atom. The molecule has 0 aliphatic carbocycles. The van der Waals surface area contributed by atoms with Gasteiger partial charge in [-0.2, -0.15) is 0 Å². The molecule has 0 bridgehead atoms. The Hall–Kier alpha value is -0.870. The molecule has 1 unspecified atom stereocenters. The smallest absolute Gasteiger partial charge is 0.0954 e. The maximum absolute atomic E-state index is 6.09. The number of aromatic nitrogens is 2. The highest BCUT2D eigenvalue weighted by Crippen LogP contribution is 2.39. The average Bonchev–Trinajstić information content (AvgIpc) is 2.71. The molecule has 3 rings (SSSR count). The van der Waals surface area contributed by atoms with Gasteiger partial charge in [-0.15, -0.1) is 0 Å². The van der Waals surface area contributed by atoms with Crippen LogP contribution < -0.4 is 0 Å². The summed E-state index contributed by atoms with van der Waals surface area (Å²) in [6.07, 6.45) is 6.27. The molecule has 0 aromatic carbocycles. The Morgan fingerprint density at radius 3 is 2.72 bits per heavy atom. The lowest BCUT2D eigenvalue weighted by Crippen LogP contribution is -2.44. The number of ether oxygens (including phenoxy) is 2. The molecule has 0 N–H and O–H groups in total. The standard InChI is InChI=1S/C14H22N2O2/c1-11-12(2)16(10-15-11)13-3-6-18-14(9-13)4-7-17-8-5-14/h10,13H,3-9H2,1-2H3. The Bertz CT molecular complexity index is 416. The van der Waals surface area contributed by atoms with Crippen molar-refractivity contribution in [3.63, 3.8) is 0 Å². The van der Waals surface area contributed by atoms with Crippen LogP contribution >= 0.6 is 0 Å². The van der Waals surface area contributed by atoms with Crippen LogP contribution in [0.25, 0.3) is 0 Å². The highest BCUT2D eigenvalue weighted by atomic mass is 16.5. The van der Waals surface area contributed by atoms with Gasteiger partial charge in [-0.1, -0.05) is 0 Å². The van der Waals surface area contributed by atoms with Gasteiger partial charge < -0.3 is 14.0 Å². The summed E-state index contributed by atoms with van der Waals surface area (Å²) in [5.41, 5.74) is 2.50. The van der Waals surface area contributed by atoms with Crippen molar-refractivity contribution in [2.45, 2.75) is 51.2 Å². The Morgan fingerprint density at radius 2 is 2.06 bits per heavy atom. The first kappa shape index (κ1) is 12.2. The molecule has 1 aromatic heterocycles. The van der Waals surface area contributed by atoms with E-state index in [9.17, 15) is 0 Å². The fourth-order valence-electron chi connectivity index (χ4n) is 3.21.